The number of benzene rings is 1. The van der Waals surface area contributed by atoms with Crippen LogP contribution in [0.5, 0.6) is 0 Å². The van der Waals surface area contributed by atoms with Crippen LogP contribution in [0.4, 0.5) is 0 Å². The van der Waals surface area contributed by atoms with Gasteiger partial charge in [-0.3, -0.25) is 9.48 Å². The highest BCUT2D eigenvalue weighted by molar-refractivity contribution is 5.78. The van der Waals surface area contributed by atoms with Crippen LogP contribution in [0.2, 0.25) is 0 Å². The molecule has 1 amide bonds. The quantitative estimate of drug-likeness (QED) is 0.660. The minimum absolute atomic E-state index is 0.00497. The number of hydrogen-bond acceptors (Lipinski definition) is 5. The molecule has 2 aliphatic heterocycles. The van der Waals surface area contributed by atoms with Gasteiger partial charge in [0.05, 0.1) is 25.0 Å². The summed E-state index contributed by atoms with van der Waals surface area (Å²) >= 11 is 0. The third-order valence-corrected chi connectivity index (χ3v) is 5.48. The monoisotopic (exact) mass is 363 g/mol. The van der Waals surface area contributed by atoms with Crippen molar-refractivity contribution in [1.82, 2.24) is 25.9 Å². The Morgan fingerprint density at radius 3 is 2.96 bits per heavy atom. The number of hydrazine groups is 1. The molecule has 4 atom stereocenters. The fourth-order valence-electron chi connectivity index (χ4n) is 4.30. The SMILES string of the molecule is O=C1CC(c2cccc(Cn3cccn3)c2)C2C(NNC2c2ccco2)N1. The molecule has 0 spiro atoms. The Hall–Kier alpha value is -2.90. The third-order valence-electron chi connectivity index (χ3n) is 5.48. The maximum atomic E-state index is 12.3. The van der Waals surface area contributed by atoms with Gasteiger partial charge in [-0.15, -0.1) is 0 Å². The van der Waals surface area contributed by atoms with Gasteiger partial charge in [0, 0.05) is 30.7 Å². The largest absolute Gasteiger partial charge is 0.468 e. The summed E-state index contributed by atoms with van der Waals surface area (Å²) in [5.74, 6) is 1.20. The Bertz CT molecular complexity index is 922. The zero-order valence-corrected chi connectivity index (χ0v) is 14.7. The molecule has 7 heteroatoms. The first kappa shape index (κ1) is 16.3. The summed E-state index contributed by atoms with van der Waals surface area (Å²) in [6.07, 6.45) is 5.76. The van der Waals surface area contributed by atoms with Crippen LogP contribution in [0, 0.1) is 5.92 Å². The van der Waals surface area contributed by atoms with E-state index in [0.717, 1.165) is 5.76 Å². The molecular weight excluding hydrogens is 342 g/mol. The van der Waals surface area contributed by atoms with E-state index in [1.807, 2.05) is 29.1 Å². The van der Waals surface area contributed by atoms with Crippen molar-refractivity contribution in [3.63, 3.8) is 0 Å². The normalized spacial score (nSPS) is 27.3. The summed E-state index contributed by atoms with van der Waals surface area (Å²) in [7, 11) is 0. The van der Waals surface area contributed by atoms with Crippen molar-refractivity contribution in [2.24, 2.45) is 5.92 Å². The number of hydrogen-bond donors (Lipinski definition) is 3. The number of amides is 1. The fourth-order valence-corrected chi connectivity index (χ4v) is 4.30. The van der Waals surface area contributed by atoms with Crippen molar-refractivity contribution < 1.29 is 9.21 Å². The highest BCUT2D eigenvalue weighted by atomic mass is 16.3. The lowest BCUT2D eigenvalue weighted by Crippen LogP contribution is -2.52. The molecule has 5 rings (SSSR count). The number of aromatic nitrogens is 2. The Morgan fingerprint density at radius 1 is 1.19 bits per heavy atom. The predicted molar refractivity (Wildman–Crippen MR) is 98.3 cm³/mol. The van der Waals surface area contributed by atoms with Crippen molar-refractivity contribution in [3.05, 3.63) is 78.0 Å². The summed E-state index contributed by atoms with van der Waals surface area (Å²) in [6, 6.07) is 14.3. The molecule has 0 saturated carbocycles. The van der Waals surface area contributed by atoms with Crippen molar-refractivity contribution in [2.75, 3.05) is 0 Å². The zero-order valence-electron chi connectivity index (χ0n) is 14.7. The van der Waals surface area contributed by atoms with Crippen LogP contribution >= 0.6 is 0 Å². The molecule has 2 saturated heterocycles. The predicted octanol–water partition coefficient (Wildman–Crippen LogP) is 1.92. The number of rotatable bonds is 4. The van der Waals surface area contributed by atoms with Crippen LogP contribution in [-0.4, -0.2) is 21.9 Å². The lowest BCUT2D eigenvalue weighted by atomic mass is 9.75. The van der Waals surface area contributed by atoms with Gasteiger partial charge in [-0.05, 0) is 29.3 Å². The third kappa shape index (κ3) is 3.05. The minimum atomic E-state index is -0.124. The highest BCUT2D eigenvalue weighted by Crippen LogP contribution is 2.43. The summed E-state index contributed by atoms with van der Waals surface area (Å²) in [5, 5.41) is 7.34. The minimum Gasteiger partial charge on any atom is -0.468 e. The van der Waals surface area contributed by atoms with Gasteiger partial charge in [-0.1, -0.05) is 24.3 Å². The second-order valence-electron chi connectivity index (χ2n) is 7.16. The topological polar surface area (TPSA) is 84.1 Å². The van der Waals surface area contributed by atoms with E-state index in [0.29, 0.717) is 13.0 Å². The average Bonchev–Trinajstić information content (AvgIpc) is 3.42. The van der Waals surface area contributed by atoms with Crippen LogP contribution in [0.3, 0.4) is 0 Å². The first-order valence-electron chi connectivity index (χ1n) is 9.18. The molecule has 0 bridgehead atoms. The number of carbonyl (C=O) groups is 1. The first-order valence-corrected chi connectivity index (χ1v) is 9.18. The molecule has 138 valence electrons. The summed E-state index contributed by atoms with van der Waals surface area (Å²) < 4.78 is 7.55. The molecule has 4 unspecified atom stereocenters. The van der Waals surface area contributed by atoms with Crippen LogP contribution in [0.25, 0.3) is 0 Å². The molecule has 7 nitrogen and oxygen atoms in total. The van der Waals surface area contributed by atoms with E-state index in [1.54, 1.807) is 12.5 Å². The van der Waals surface area contributed by atoms with Gasteiger partial charge in [0.25, 0.3) is 0 Å². The molecule has 3 N–H and O–H groups in total. The van der Waals surface area contributed by atoms with Gasteiger partial charge in [-0.25, -0.2) is 10.9 Å². The van der Waals surface area contributed by atoms with Crippen molar-refractivity contribution in [3.8, 4) is 0 Å². The zero-order chi connectivity index (χ0) is 18.2. The van der Waals surface area contributed by atoms with Crippen LogP contribution in [-0.2, 0) is 11.3 Å². The van der Waals surface area contributed by atoms with E-state index in [4.69, 9.17) is 4.42 Å². The molecule has 1 aromatic carbocycles. The van der Waals surface area contributed by atoms with Crippen LogP contribution in [0.1, 0.15) is 35.3 Å². The Balaban J connectivity index is 1.47. The van der Waals surface area contributed by atoms with Gasteiger partial charge >= 0.3 is 0 Å². The molecule has 0 radical (unpaired) electrons. The van der Waals surface area contributed by atoms with Gasteiger partial charge in [0.2, 0.25) is 5.91 Å². The Morgan fingerprint density at radius 2 is 2.15 bits per heavy atom. The maximum absolute atomic E-state index is 12.3. The van der Waals surface area contributed by atoms with E-state index >= 15 is 0 Å². The van der Waals surface area contributed by atoms with E-state index < -0.39 is 0 Å². The standard InChI is InChI=1S/C20H21N5O2/c26-17-11-15(14-5-1-4-13(10-14)12-25-8-3-7-21-25)18-19(16-6-2-9-27-16)23-24-20(18)22-17/h1-10,15,18-20,23-24H,11-12H2,(H,22,26). The van der Waals surface area contributed by atoms with E-state index in [9.17, 15) is 4.79 Å². The van der Waals surface area contributed by atoms with Crippen molar-refractivity contribution in [2.45, 2.75) is 31.1 Å². The number of nitrogens with one attached hydrogen (secondary N) is 3. The molecule has 0 aliphatic carbocycles. The number of fused-ring (bicyclic) bond motifs is 1. The Kier molecular flexibility index (Phi) is 4.03. The number of piperidine rings is 1. The van der Waals surface area contributed by atoms with E-state index in [-0.39, 0.29) is 30.0 Å². The van der Waals surface area contributed by atoms with Gasteiger partial charge in [0.15, 0.2) is 0 Å². The summed E-state index contributed by atoms with van der Waals surface area (Å²) in [4.78, 5) is 12.3. The summed E-state index contributed by atoms with van der Waals surface area (Å²) in [5.41, 5.74) is 8.87. The number of carbonyl (C=O) groups excluding carboxylic acids is 1. The molecule has 3 aromatic rings. The molecule has 2 fully saturated rings. The van der Waals surface area contributed by atoms with Gasteiger partial charge in [-0.2, -0.15) is 5.10 Å². The fraction of sp³-hybridized carbons (Fsp3) is 0.300. The molecule has 2 aromatic heterocycles. The first-order chi connectivity index (χ1) is 13.3. The molecule has 27 heavy (non-hydrogen) atoms. The van der Waals surface area contributed by atoms with Gasteiger partial charge in [0.1, 0.15) is 5.76 Å². The molecule has 4 heterocycles. The van der Waals surface area contributed by atoms with Crippen LogP contribution < -0.4 is 16.2 Å². The van der Waals surface area contributed by atoms with E-state index in [2.05, 4.69) is 45.5 Å². The van der Waals surface area contributed by atoms with Crippen molar-refractivity contribution in [1.29, 1.82) is 0 Å². The highest BCUT2D eigenvalue weighted by Gasteiger charge is 2.47. The van der Waals surface area contributed by atoms with E-state index in [1.165, 1.54) is 11.1 Å². The number of nitrogens with zero attached hydrogens (tertiary/aromatic N) is 2. The molecular formula is C20H21N5O2. The van der Waals surface area contributed by atoms with Gasteiger partial charge < -0.3 is 9.73 Å². The second kappa shape index (κ2) is 6.68. The van der Waals surface area contributed by atoms with Crippen LogP contribution in [0.15, 0.2) is 65.5 Å². The maximum Gasteiger partial charge on any atom is 0.221 e. The Labute approximate surface area is 156 Å². The summed E-state index contributed by atoms with van der Waals surface area (Å²) in [6.45, 7) is 0.714. The molecule has 2 aliphatic rings. The smallest absolute Gasteiger partial charge is 0.221 e. The average molecular weight is 363 g/mol. The lowest BCUT2D eigenvalue weighted by molar-refractivity contribution is -0.125. The number of furan rings is 1. The second-order valence-corrected chi connectivity index (χ2v) is 7.16. The van der Waals surface area contributed by atoms with Crippen molar-refractivity contribution >= 4 is 5.91 Å². The lowest BCUT2D eigenvalue weighted by Gasteiger charge is -2.35.